The number of hydrogen-bond donors (Lipinski definition) is 1. The van der Waals surface area contributed by atoms with E-state index in [4.69, 9.17) is 4.74 Å². The molecule has 0 fully saturated rings. The smallest absolute Gasteiger partial charge is 0.260 e. The number of ether oxygens (including phenoxy) is 1. The fourth-order valence-corrected chi connectivity index (χ4v) is 2.47. The van der Waals surface area contributed by atoms with E-state index in [1.165, 1.54) is 0 Å². The second-order valence-electron chi connectivity index (χ2n) is 5.13. The highest BCUT2D eigenvalue weighted by Gasteiger charge is 2.15. The highest BCUT2D eigenvalue weighted by atomic mass is 79.9. The van der Waals surface area contributed by atoms with Gasteiger partial charge in [-0.25, -0.2) is 0 Å². The van der Waals surface area contributed by atoms with Gasteiger partial charge in [-0.1, -0.05) is 15.9 Å². The van der Waals surface area contributed by atoms with Gasteiger partial charge in [0.25, 0.3) is 5.91 Å². The molecule has 5 heteroatoms. The predicted molar refractivity (Wildman–Crippen MR) is 85.0 cm³/mol. The molecule has 0 atom stereocenters. The Labute approximate surface area is 129 Å². The monoisotopic (exact) mass is 342 g/mol. The molecule has 0 spiro atoms. The second-order valence-corrected chi connectivity index (χ2v) is 6.04. The Hall–Kier alpha value is -1.07. The summed E-state index contributed by atoms with van der Waals surface area (Å²) in [4.78, 5) is 13.7. The lowest BCUT2D eigenvalue weighted by Crippen LogP contribution is -2.36. The molecule has 0 aromatic heterocycles. The standard InChI is InChI=1S/C15H23BrN2O2/c1-10(2)18(5)14(19)9-20-15-11(3)6-13(16)7-12(15)8-17-4/h6-7,10,17H,8-9H2,1-5H3. The minimum atomic E-state index is -0.0160. The van der Waals surface area contributed by atoms with Crippen molar-refractivity contribution in [2.24, 2.45) is 0 Å². The average molecular weight is 343 g/mol. The molecule has 1 aromatic carbocycles. The van der Waals surface area contributed by atoms with Crippen LogP contribution in [-0.4, -0.2) is 37.6 Å². The van der Waals surface area contributed by atoms with Crippen LogP contribution in [0.25, 0.3) is 0 Å². The summed E-state index contributed by atoms with van der Waals surface area (Å²) in [6.45, 7) is 6.71. The number of nitrogens with zero attached hydrogens (tertiary/aromatic N) is 1. The van der Waals surface area contributed by atoms with Gasteiger partial charge >= 0.3 is 0 Å². The summed E-state index contributed by atoms with van der Waals surface area (Å²) in [6.07, 6.45) is 0. The van der Waals surface area contributed by atoms with Crippen LogP contribution in [0.4, 0.5) is 0 Å². The molecule has 0 saturated carbocycles. The van der Waals surface area contributed by atoms with Crippen molar-refractivity contribution in [2.45, 2.75) is 33.4 Å². The van der Waals surface area contributed by atoms with Gasteiger partial charge in [0.2, 0.25) is 0 Å². The number of nitrogens with one attached hydrogen (secondary N) is 1. The Kier molecular flexibility index (Phi) is 6.49. The van der Waals surface area contributed by atoms with Crippen molar-refractivity contribution in [3.63, 3.8) is 0 Å². The van der Waals surface area contributed by atoms with Gasteiger partial charge in [0.15, 0.2) is 6.61 Å². The van der Waals surface area contributed by atoms with Gasteiger partial charge in [-0.15, -0.1) is 0 Å². The molecule has 1 aromatic rings. The predicted octanol–water partition coefficient (Wildman–Crippen LogP) is 2.72. The van der Waals surface area contributed by atoms with Crippen molar-refractivity contribution in [3.8, 4) is 5.75 Å². The first-order valence-electron chi connectivity index (χ1n) is 6.68. The summed E-state index contributed by atoms with van der Waals surface area (Å²) < 4.78 is 6.77. The Morgan fingerprint density at radius 3 is 2.65 bits per heavy atom. The van der Waals surface area contributed by atoms with E-state index in [2.05, 4.69) is 21.2 Å². The number of rotatable bonds is 6. The first-order valence-corrected chi connectivity index (χ1v) is 7.48. The first-order chi connectivity index (χ1) is 9.36. The van der Waals surface area contributed by atoms with Crippen molar-refractivity contribution in [1.82, 2.24) is 10.2 Å². The largest absolute Gasteiger partial charge is 0.483 e. The van der Waals surface area contributed by atoms with Gasteiger partial charge in [0.1, 0.15) is 5.75 Å². The minimum absolute atomic E-state index is 0.0160. The topological polar surface area (TPSA) is 41.6 Å². The molecule has 0 radical (unpaired) electrons. The number of hydrogen-bond acceptors (Lipinski definition) is 3. The molecule has 4 nitrogen and oxygen atoms in total. The van der Waals surface area contributed by atoms with Crippen molar-refractivity contribution in [1.29, 1.82) is 0 Å². The number of carbonyl (C=O) groups is 1. The number of aryl methyl sites for hydroxylation is 1. The van der Waals surface area contributed by atoms with Gasteiger partial charge in [-0.2, -0.15) is 0 Å². The minimum Gasteiger partial charge on any atom is -0.483 e. The lowest BCUT2D eigenvalue weighted by molar-refractivity contribution is -0.133. The van der Waals surface area contributed by atoms with Crippen LogP contribution < -0.4 is 10.1 Å². The van der Waals surface area contributed by atoms with E-state index in [9.17, 15) is 4.79 Å². The normalized spacial score (nSPS) is 10.8. The molecule has 0 aliphatic carbocycles. The maximum atomic E-state index is 12.0. The van der Waals surface area contributed by atoms with Crippen LogP contribution in [-0.2, 0) is 11.3 Å². The molecule has 0 saturated heterocycles. The van der Waals surface area contributed by atoms with Crippen molar-refractivity contribution < 1.29 is 9.53 Å². The second kappa shape index (κ2) is 7.64. The van der Waals surface area contributed by atoms with Gasteiger partial charge < -0.3 is 15.0 Å². The summed E-state index contributed by atoms with van der Waals surface area (Å²) in [6, 6.07) is 4.18. The van der Waals surface area contributed by atoms with E-state index in [-0.39, 0.29) is 18.6 Å². The average Bonchev–Trinajstić information content (AvgIpc) is 2.36. The van der Waals surface area contributed by atoms with Crippen LogP contribution in [0.1, 0.15) is 25.0 Å². The van der Waals surface area contributed by atoms with Gasteiger partial charge in [0, 0.05) is 29.7 Å². The highest BCUT2D eigenvalue weighted by Crippen LogP contribution is 2.28. The van der Waals surface area contributed by atoms with E-state index < -0.39 is 0 Å². The van der Waals surface area contributed by atoms with Crippen molar-refractivity contribution in [2.75, 3.05) is 20.7 Å². The lowest BCUT2D eigenvalue weighted by Gasteiger charge is -2.22. The Morgan fingerprint density at radius 1 is 1.45 bits per heavy atom. The molecular formula is C15H23BrN2O2. The van der Waals surface area contributed by atoms with E-state index >= 15 is 0 Å². The number of amides is 1. The first kappa shape index (κ1) is 17.0. The third kappa shape index (κ3) is 4.49. The van der Waals surface area contributed by atoms with Gasteiger partial charge in [-0.3, -0.25) is 4.79 Å². The molecule has 112 valence electrons. The van der Waals surface area contributed by atoms with E-state index in [0.717, 1.165) is 21.3 Å². The van der Waals surface area contributed by atoms with Crippen LogP contribution in [0.15, 0.2) is 16.6 Å². The van der Waals surface area contributed by atoms with Crippen LogP contribution in [0.5, 0.6) is 5.75 Å². The maximum Gasteiger partial charge on any atom is 0.260 e. The van der Waals surface area contributed by atoms with Crippen LogP contribution >= 0.6 is 15.9 Å². The lowest BCUT2D eigenvalue weighted by atomic mass is 10.1. The maximum absolute atomic E-state index is 12.0. The third-order valence-corrected chi connectivity index (χ3v) is 3.65. The zero-order chi connectivity index (χ0) is 15.3. The quantitative estimate of drug-likeness (QED) is 0.864. The molecule has 0 heterocycles. The van der Waals surface area contributed by atoms with Gasteiger partial charge in [0.05, 0.1) is 0 Å². The Morgan fingerprint density at radius 2 is 2.10 bits per heavy atom. The highest BCUT2D eigenvalue weighted by molar-refractivity contribution is 9.10. The third-order valence-electron chi connectivity index (χ3n) is 3.19. The summed E-state index contributed by atoms with van der Waals surface area (Å²) in [5, 5.41) is 3.11. The molecular weight excluding hydrogens is 320 g/mol. The number of carbonyl (C=O) groups excluding carboxylic acids is 1. The molecule has 20 heavy (non-hydrogen) atoms. The molecule has 0 bridgehead atoms. The molecule has 0 aliphatic rings. The zero-order valence-corrected chi connectivity index (χ0v) is 14.4. The molecule has 1 rings (SSSR count). The number of likely N-dealkylation sites (N-methyl/N-ethyl adjacent to an activating group) is 1. The van der Waals surface area contributed by atoms with Crippen molar-refractivity contribution >= 4 is 21.8 Å². The number of halogens is 1. The van der Waals surface area contributed by atoms with E-state index in [1.807, 2.05) is 40.0 Å². The molecule has 1 N–H and O–H groups in total. The van der Waals surface area contributed by atoms with Crippen LogP contribution in [0, 0.1) is 6.92 Å². The summed E-state index contributed by atoms with van der Waals surface area (Å²) in [5.41, 5.74) is 2.06. The summed E-state index contributed by atoms with van der Waals surface area (Å²) in [5.74, 6) is 0.769. The fraction of sp³-hybridized carbons (Fsp3) is 0.533. The van der Waals surface area contributed by atoms with Gasteiger partial charge in [-0.05, 0) is 45.5 Å². The van der Waals surface area contributed by atoms with E-state index in [1.54, 1.807) is 11.9 Å². The summed E-state index contributed by atoms with van der Waals surface area (Å²) >= 11 is 3.48. The molecule has 0 unspecified atom stereocenters. The Balaban J connectivity index is 2.84. The Bertz CT molecular complexity index is 475. The SMILES string of the molecule is CNCc1cc(Br)cc(C)c1OCC(=O)N(C)C(C)C. The molecule has 0 aliphatic heterocycles. The summed E-state index contributed by atoms with van der Waals surface area (Å²) in [7, 11) is 3.68. The van der Waals surface area contributed by atoms with Crippen molar-refractivity contribution in [3.05, 3.63) is 27.7 Å². The van der Waals surface area contributed by atoms with Crippen LogP contribution in [0.2, 0.25) is 0 Å². The number of benzene rings is 1. The van der Waals surface area contributed by atoms with Crippen LogP contribution in [0.3, 0.4) is 0 Å². The van der Waals surface area contributed by atoms with E-state index in [0.29, 0.717) is 6.54 Å². The fourth-order valence-electron chi connectivity index (χ4n) is 1.85. The molecule has 1 amide bonds. The zero-order valence-electron chi connectivity index (χ0n) is 12.8.